The van der Waals surface area contributed by atoms with E-state index in [9.17, 15) is 18.4 Å². The van der Waals surface area contributed by atoms with Gasteiger partial charge in [0.15, 0.2) is 6.61 Å². The standard InChI is InChI=1S/C21H22F2N2O3S/c1-14-10-16(5-7-18(14)25-8-2-3-9-25)24-20(26)12-28-21(27)13-29-19-11-15(22)4-6-17(19)23/h4-7,10-11H,2-3,8-9,12-13H2,1H3,(H,24,26). The van der Waals surface area contributed by atoms with Gasteiger partial charge in [0.05, 0.1) is 5.75 Å². The third kappa shape index (κ3) is 5.93. The molecule has 8 heteroatoms. The summed E-state index contributed by atoms with van der Waals surface area (Å²) in [6.45, 7) is 3.63. The minimum atomic E-state index is -0.686. The Morgan fingerprint density at radius 3 is 2.62 bits per heavy atom. The molecule has 1 amide bonds. The molecule has 1 aliphatic rings. The number of hydrogen-bond donors (Lipinski definition) is 1. The first-order valence-electron chi connectivity index (χ1n) is 9.31. The van der Waals surface area contributed by atoms with E-state index in [1.165, 1.54) is 12.8 Å². The van der Waals surface area contributed by atoms with Crippen molar-refractivity contribution in [2.24, 2.45) is 0 Å². The van der Waals surface area contributed by atoms with Crippen molar-refractivity contribution in [3.05, 3.63) is 53.6 Å². The van der Waals surface area contributed by atoms with Crippen LogP contribution in [0.25, 0.3) is 0 Å². The van der Waals surface area contributed by atoms with Crippen LogP contribution in [0.1, 0.15) is 18.4 Å². The fraction of sp³-hybridized carbons (Fsp3) is 0.333. The number of rotatable bonds is 7. The summed E-state index contributed by atoms with van der Waals surface area (Å²) in [4.78, 5) is 26.1. The lowest BCUT2D eigenvalue weighted by Crippen LogP contribution is -2.22. The van der Waals surface area contributed by atoms with Gasteiger partial charge in [-0.05, 0) is 61.7 Å². The maximum absolute atomic E-state index is 13.5. The summed E-state index contributed by atoms with van der Waals surface area (Å²) < 4.78 is 31.6. The van der Waals surface area contributed by atoms with E-state index in [-0.39, 0.29) is 10.6 Å². The molecule has 1 fully saturated rings. The number of benzene rings is 2. The molecule has 0 spiro atoms. The van der Waals surface area contributed by atoms with Gasteiger partial charge in [-0.15, -0.1) is 11.8 Å². The van der Waals surface area contributed by atoms with E-state index in [2.05, 4.69) is 10.2 Å². The van der Waals surface area contributed by atoms with Crippen LogP contribution in [0.2, 0.25) is 0 Å². The maximum Gasteiger partial charge on any atom is 0.316 e. The second kappa shape index (κ2) is 9.73. The molecule has 2 aromatic rings. The van der Waals surface area contributed by atoms with Crippen molar-refractivity contribution in [1.29, 1.82) is 0 Å². The van der Waals surface area contributed by atoms with Gasteiger partial charge in [0.2, 0.25) is 0 Å². The number of amides is 1. The fourth-order valence-corrected chi connectivity index (χ4v) is 3.91. The molecular weight excluding hydrogens is 398 g/mol. The zero-order chi connectivity index (χ0) is 20.8. The number of nitrogens with zero attached hydrogens (tertiary/aromatic N) is 1. The molecule has 29 heavy (non-hydrogen) atoms. The molecule has 0 atom stereocenters. The van der Waals surface area contributed by atoms with Gasteiger partial charge in [0.25, 0.3) is 5.91 Å². The highest BCUT2D eigenvalue weighted by molar-refractivity contribution is 8.00. The van der Waals surface area contributed by atoms with Gasteiger partial charge in [-0.3, -0.25) is 9.59 Å². The number of ether oxygens (including phenoxy) is 1. The Hall–Kier alpha value is -2.61. The Balaban J connectivity index is 1.45. The molecule has 0 bridgehead atoms. The van der Waals surface area contributed by atoms with Crippen LogP contribution < -0.4 is 10.2 Å². The third-order valence-corrected chi connectivity index (χ3v) is 5.53. The van der Waals surface area contributed by atoms with E-state index in [1.54, 1.807) is 0 Å². The number of nitrogens with one attached hydrogen (secondary N) is 1. The molecule has 0 saturated carbocycles. The summed E-state index contributed by atoms with van der Waals surface area (Å²) in [5.41, 5.74) is 2.85. The molecule has 5 nitrogen and oxygen atoms in total. The van der Waals surface area contributed by atoms with Crippen molar-refractivity contribution in [3.63, 3.8) is 0 Å². The molecule has 1 aliphatic heterocycles. The summed E-state index contributed by atoms with van der Waals surface area (Å²) in [5, 5.41) is 2.70. The minimum Gasteiger partial charge on any atom is -0.455 e. The molecule has 1 saturated heterocycles. The van der Waals surface area contributed by atoms with Crippen LogP contribution in [0.4, 0.5) is 20.2 Å². The second-order valence-corrected chi connectivity index (χ2v) is 7.78. The molecule has 0 radical (unpaired) electrons. The minimum absolute atomic E-state index is 0.0139. The van der Waals surface area contributed by atoms with Crippen LogP contribution in [-0.2, 0) is 14.3 Å². The second-order valence-electron chi connectivity index (χ2n) is 6.77. The zero-order valence-electron chi connectivity index (χ0n) is 16.0. The van der Waals surface area contributed by atoms with Crippen LogP contribution in [0.15, 0.2) is 41.3 Å². The van der Waals surface area contributed by atoms with Gasteiger partial charge in [-0.25, -0.2) is 8.78 Å². The average molecular weight is 420 g/mol. The highest BCUT2D eigenvalue weighted by Crippen LogP contribution is 2.27. The Morgan fingerprint density at radius 1 is 1.14 bits per heavy atom. The number of thioether (sulfide) groups is 1. The monoisotopic (exact) mass is 420 g/mol. The zero-order valence-corrected chi connectivity index (χ0v) is 16.9. The quantitative estimate of drug-likeness (QED) is 0.539. The van der Waals surface area contributed by atoms with Crippen LogP contribution in [0, 0.1) is 18.6 Å². The van der Waals surface area contributed by atoms with Crippen molar-refractivity contribution in [1.82, 2.24) is 0 Å². The van der Waals surface area contributed by atoms with Gasteiger partial charge >= 0.3 is 5.97 Å². The molecule has 0 aromatic heterocycles. The average Bonchev–Trinajstić information content (AvgIpc) is 3.21. The van der Waals surface area contributed by atoms with E-state index in [0.29, 0.717) is 5.69 Å². The summed E-state index contributed by atoms with van der Waals surface area (Å²) >= 11 is 0.815. The Morgan fingerprint density at radius 2 is 1.90 bits per heavy atom. The number of carbonyl (C=O) groups excluding carboxylic acids is 2. The number of halogens is 2. The lowest BCUT2D eigenvalue weighted by molar-refractivity contribution is -0.144. The predicted octanol–water partition coefficient (Wildman–Crippen LogP) is 4.15. The van der Waals surface area contributed by atoms with E-state index >= 15 is 0 Å². The topological polar surface area (TPSA) is 58.6 Å². The van der Waals surface area contributed by atoms with Gasteiger partial charge in [0, 0.05) is 29.4 Å². The van der Waals surface area contributed by atoms with E-state index in [4.69, 9.17) is 4.74 Å². The summed E-state index contributed by atoms with van der Waals surface area (Å²) in [6, 6.07) is 8.69. The molecule has 3 rings (SSSR count). The number of anilines is 2. The number of aryl methyl sites for hydroxylation is 1. The smallest absolute Gasteiger partial charge is 0.316 e. The lowest BCUT2D eigenvalue weighted by atomic mass is 10.1. The van der Waals surface area contributed by atoms with Crippen LogP contribution in [-0.4, -0.2) is 37.3 Å². The summed E-state index contributed by atoms with van der Waals surface area (Å²) in [7, 11) is 0. The van der Waals surface area contributed by atoms with Gasteiger partial charge in [-0.1, -0.05) is 0 Å². The van der Waals surface area contributed by atoms with Crippen LogP contribution >= 0.6 is 11.8 Å². The van der Waals surface area contributed by atoms with Gasteiger partial charge < -0.3 is 15.0 Å². The Labute approximate surface area is 172 Å². The Kier molecular flexibility index (Phi) is 7.09. The molecule has 1 heterocycles. The first kappa shape index (κ1) is 21.1. The first-order valence-corrected chi connectivity index (χ1v) is 10.3. The maximum atomic E-state index is 13.5. The Bertz CT molecular complexity index is 901. The van der Waals surface area contributed by atoms with Crippen molar-refractivity contribution in [3.8, 4) is 0 Å². The van der Waals surface area contributed by atoms with Gasteiger partial charge in [-0.2, -0.15) is 0 Å². The van der Waals surface area contributed by atoms with Crippen LogP contribution in [0.3, 0.4) is 0 Å². The van der Waals surface area contributed by atoms with E-state index in [1.807, 2.05) is 25.1 Å². The van der Waals surface area contributed by atoms with Crippen molar-refractivity contribution in [2.45, 2.75) is 24.7 Å². The molecule has 154 valence electrons. The first-order chi connectivity index (χ1) is 13.9. The third-order valence-electron chi connectivity index (χ3n) is 4.53. The molecule has 2 aromatic carbocycles. The fourth-order valence-electron chi connectivity index (χ4n) is 3.16. The predicted molar refractivity (Wildman–Crippen MR) is 109 cm³/mol. The number of hydrogen-bond acceptors (Lipinski definition) is 5. The lowest BCUT2D eigenvalue weighted by Gasteiger charge is -2.20. The number of carbonyl (C=O) groups is 2. The molecule has 1 N–H and O–H groups in total. The highest BCUT2D eigenvalue weighted by atomic mass is 32.2. The highest BCUT2D eigenvalue weighted by Gasteiger charge is 2.15. The molecule has 0 unspecified atom stereocenters. The summed E-state index contributed by atoms with van der Waals surface area (Å²) in [5.74, 6) is -2.58. The van der Waals surface area contributed by atoms with Gasteiger partial charge in [0.1, 0.15) is 11.6 Å². The molecular formula is C21H22F2N2O3S. The van der Waals surface area contributed by atoms with E-state index < -0.39 is 30.1 Å². The van der Waals surface area contributed by atoms with E-state index in [0.717, 1.165) is 54.3 Å². The number of esters is 1. The van der Waals surface area contributed by atoms with Crippen LogP contribution in [0.5, 0.6) is 0 Å². The molecule has 0 aliphatic carbocycles. The van der Waals surface area contributed by atoms with Crippen molar-refractivity contribution >= 4 is 35.0 Å². The largest absolute Gasteiger partial charge is 0.455 e. The SMILES string of the molecule is Cc1cc(NC(=O)COC(=O)CSc2cc(F)ccc2F)ccc1N1CCCC1. The van der Waals surface area contributed by atoms with Crippen molar-refractivity contribution in [2.75, 3.05) is 35.7 Å². The normalized spacial score (nSPS) is 13.4. The summed E-state index contributed by atoms with van der Waals surface area (Å²) in [6.07, 6.45) is 2.38. The van der Waals surface area contributed by atoms with Crippen molar-refractivity contribution < 1.29 is 23.1 Å².